The molecule has 0 N–H and O–H groups in total. The van der Waals surface area contributed by atoms with Crippen molar-refractivity contribution < 1.29 is 4.74 Å². The molecule has 0 atom stereocenters. The Kier molecular flexibility index (Phi) is 3.84. The van der Waals surface area contributed by atoms with Crippen molar-refractivity contribution >= 4 is 0 Å². The Morgan fingerprint density at radius 2 is 2.23 bits per heavy atom. The maximum absolute atomic E-state index is 5.28. The van der Waals surface area contributed by atoms with E-state index in [1.165, 1.54) is 0 Å². The number of aromatic nitrogens is 1. The fraction of sp³-hybridized carbons (Fsp3) is 0.364. The minimum atomic E-state index is 0.421. The quantitative estimate of drug-likeness (QED) is 0.643. The highest BCUT2D eigenvalue weighted by atomic mass is 16.5. The molecule has 0 aromatic carbocycles. The Bertz CT molecular complexity index is 305. The van der Waals surface area contributed by atoms with Crippen molar-refractivity contribution in [1.29, 1.82) is 0 Å². The van der Waals surface area contributed by atoms with E-state index < -0.39 is 0 Å². The molecular weight excluding hydrogens is 162 g/mol. The molecule has 0 saturated heterocycles. The summed E-state index contributed by atoms with van der Waals surface area (Å²) < 4.78 is 5.28. The lowest BCUT2D eigenvalue weighted by Crippen LogP contribution is -1.95. The van der Waals surface area contributed by atoms with E-state index in [1.54, 1.807) is 6.20 Å². The van der Waals surface area contributed by atoms with Crippen LogP contribution in [0.1, 0.15) is 18.9 Å². The molecule has 0 aliphatic carbocycles. The summed E-state index contributed by atoms with van der Waals surface area (Å²) in [4.78, 5) is 4.09. The molecule has 13 heavy (non-hydrogen) atoms. The van der Waals surface area contributed by atoms with E-state index in [-0.39, 0.29) is 0 Å². The highest BCUT2D eigenvalue weighted by molar-refractivity contribution is 5.16. The number of ether oxygens (including phenoxy) is 1. The van der Waals surface area contributed by atoms with Crippen molar-refractivity contribution in [3.05, 3.63) is 23.9 Å². The first-order valence-corrected chi connectivity index (χ1v) is 4.34. The van der Waals surface area contributed by atoms with Gasteiger partial charge in [-0.1, -0.05) is 18.9 Å². The molecule has 0 fully saturated rings. The van der Waals surface area contributed by atoms with Gasteiger partial charge in [-0.25, -0.2) is 4.98 Å². The zero-order valence-electron chi connectivity index (χ0n) is 8.00. The zero-order chi connectivity index (χ0) is 9.52. The summed E-state index contributed by atoms with van der Waals surface area (Å²) in [6.07, 6.45) is 2.65. The van der Waals surface area contributed by atoms with Crippen LogP contribution in [-0.2, 0) is 0 Å². The molecule has 0 radical (unpaired) electrons. The highest BCUT2D eigenvalue weighted by Gasteiger charge is 1.90. The maximum Gasteiger partial charge on any atom is 0.214 e. The van der Waals surface area contributed by atoms with Crippen LogP contribution in [0.2, 0.25) is 0 Å². The van der Waals surface area contributed by atoms with E-state index in [0.717, 1.165) is 12.0 Å². The van der Waals surface area contributed by atoms with E-state index >= 15 is 0 Å². The van der Waals surface area contributed by atoms with Crippen LogP contribution in [0.15, 0.2) is 18.3 Å². The summed E-state index contributed by atoms with van der Waals surface area (Å²) in [5, 5.41) is 0. The largest absolute Gasteiger partial charge is 0.464 e. The SMILES string of the molecule is CCC#CCOc1ccc(C)cn1. The van der Waals surface area contributed by atoms with Crippen LogP contribution in [0.5, 0.6) is 5.88 Å². The van der Waals surface area contributed by atoms with Gasteiger partial charge >= 0.3 is 0 Å². The third kappa shape index (κ3) is 3.62. The van der Waals surface area contributed by atoms with Gasteiger partial charge in [-0.15, -0.1) is 5.92 Å². The molecule has 0 spiro atoms. The van der Waals surface area contributed by atoms with Crippen LogP contribution in [0, 0.1) is 18.8 Å². The molecule has 68 valence electrons. The number of hydrogen-bond acceptors (Lipinski definition) is 2. The summed E-state index contributed by atoms with van der Waals surface area (Å²) in [6, 6.07) is 3.82. The van der Waals surface area contributed by atoms with Crippen molar-refractivity contribution in [1.82, 2.24) is 4.98 Å². The summed E-state index contributed by atoms with van der Waals surface area (Å²) in [5.74, 6) is 6.45. The lowest BCUT2D eigenvalue weighted by Gasteiger charge is -1.99. The molecular formula is C11H13NO. The van der Waals surface area contributed by atoms with Crippen molar-refractivity contribution in [3.8, 4) is 17.7 Å². The van der Waals surface area contributed by atoms with Gasteiger partial charge in [0.25, 0.3) is 0 Å². The first kappa shape index (κ1) is 9.60. The molecule has 2 heteroatoms. The van der Waals surface area contributed by atoms with Crippen LogP contribution >= 0.6 is 0 Å². The molecule has 1 aromatic heterocycles. The van der Waals surface area contributed by atoms with Crippen molar-refractivity contribution in [2.24, 2.45) is 0 Å². The normalized spacial score (nSPS) is 8.77. The van der Waals surface area contributed by atoms with Gasteiger partial charge < -0.3 is 4.74 Å². The third-order valence-electron chi connectivity index (χ3n) is 1.48. The minimum absolute atomic E-state index is 0.421. The second-order valence-corrected chi connectivity index (χ2v) is 2.67. The van der Waals surface area contributed by atoms with Crippen LogP contribution < -0.4 is 4.74 Å². The Labute approximate surface area is 79.0 Å². The van der Waals surface area contributed by atoms with Crippen molar-refractivity contribution in [2.45, 2.75) is 20.3 Å². The molecule has 0 aliphatic rings. The molecule has 0 aliphatic heterocycles. The van der Waals surface area contributed by atoms with Gasteiger partial charge in [-0.2, -0.15) is 0 Å². The van der Waals surface area contributed by atoms with Gasteiger partial charge in [-0.05, 0) is 12.5 Å². The van der Waals surface area contributed by atoms with Crippen LogP contribution in [-0.4, -0.2) is 11.6 Å². The second kappa shape index (κ2) is 5.21. The number of pyridine rings is 1. The van der Waals surface area contributed by atoms with E-state index in [1.807, 2.05) is 26.0 Å². The average Bonchev–Trinajstić information content (AvgIpc) is 2.15. The van der Waals surface area contributed by atoms with E-state index in [4.69, 9.17) is 4.74 Å². The Balaban J connectivity index is 2.41. The summed E-state index contributed by atoms with van der Waals surface area (Å²) in [7, 11) is 0. The number of nitrogens with zero attached hydrogens (tertiary/aromatic N) is 1. The summed E-state index contributed by atoms with van der Waals surface area (Å²) in [5.41, 5.74) is 1.13. The first-order chi connectivity index (χ1) is 6.33. The standard InChI is InChI=1S/C11H13NO/c1-3-4-5-8-13-11-7-6-10(2)9-12-11/h6-7,9H,3,8H2,1-2H3. The fourth-order valence-corrected chi connectivity index (χ4v) is 0.826. The molecule has 2 nitrogen and oxygen atoms in total. The van der Waals surface area contributed by atoms with E-state index in [2.05, 4.69) is 16.8 Å². The Hall–Kier alpha value is -1.49. The van der Waals surface area contributed by atoms with Crippen LogP contribution in [0.3, 0.4) is 0 Å². The van der Waals surface area contributed by atoms with Crippen LogP contribution in [0.25, 0.3) is 0 Å². The third-order valence-corrected chi connectivity index (χ3v) is 1.48. The van der Waals surface area contributed by atoms with E-state index in [0.29, 0.717) is 12.5 Å². The maximum atomic E-state index is 5.28. The highest BCUT2D eigenvalue weighted by Crippen LogP contribution is 2.05. The number of aryl methyl sites for hydroxylation is 1. The smallest absolute Gasteiger partial charge is 0.214 e. The summed E-state index contributed by atoms with van der Waals surface area (Å²) in [6.45, 7) is 4.43. The zero-order valence-corrected chi connectivity index (χ0v) is 8.00. The summed E-state index contributed by atoms with van der Waals surface area (Å²) >= 11 is 0. The Morgan fingerprint density at radius 1 is 1.38 bits per heavy atom. The molecule has 0 bridgehead atoms. The van der Waals surface area contributed by atoms with Crippen molar-refractivity contribution in [2.75, 3.05) is 6.61 Å². The van der Waals surface area contributed by atoms with Crippen molar-refractivity contribution in [3.63, 3.8) is 0 Å². The molecule has 0 amide bonds. The van der Waals surface area contributed by atoms with Gasteiger partial charge in [0.1, 0.15) is 0 Å². The van der Waals surface area contributed by atoms with Gasteiger partial charge in [0.15, 0.2) is 6.61 Å². The lowest BCUT2D eigenvalue weighted by molar-refractivity contribution is 0.355. The monoisotopic (exact) mass is 175 g/mol. The average molecular weight is 175 g/mol. The van der Waals surface area contributed by atoms with Gasteiger partial charge in [0.05, 0.1) is 0 Å². The molecule has 1 rings (SSSR count). The topological polar surface area (TPSA) is 22.1 Å². The first-order valence-electron chi connectivity index (χ1n) is 4.34. The number of hydrogen-bond donors (Lipinski definition) is 0. The van der Waals surface area contributed by atoms with Gasteiger partial charge in [0, 0.05) is 18.7 Å². The van der Waals surface area contributed by atoms with Gasteiger partial charge in [0.2, 0.25) is 5.88 Å². The lowest BCUT2D eigenvalue weighted by atomic mass is 10.3. The molecule has 0 unspecified atom stereocenters. The second-order valence-electron chi connectivity index (χ2n) is 2.67. The Morgan fingerprint density at radius 3 is 2.85 bits per heavy atom. The molecule has 1 aromatic rings. The predicted molar refractivity (Wildman–Crippen MR) is 52.5 cm³/mol. The van der Waals surface area contributed by atoms with Crippen LogP contribution in [0.4, 0.5) is 0 Å². The molecule has 1 heterocycles. The fourth-order valence-electron chi connectivity index (χ4n) is 0.826. The van der Waals surface area contributed by atoms with E-state index in [9.17, 15) is 0 Å². The minimum Gasteiger partial charge on any atom is -0.464 e. The number of rotatable bonds is 2. The van der Waals surface area contributed by atoms with Gasteiger partial charge in [-0.3, -0.25) is 0 Å². The predicted octanol–water partition coefficient (Wildman–Crippen LogP) is 2.18. The molecule has 0 saturated carbocycles.